The molecule has 0 unspecified atom stereocenters. The first-order chi connectivity index (χ1) is 5.65. The van der Waals surface area contributed by atoms with E-state index in [1.54, 1.807) is 0 Å². The Hall–Kier alpha value is -1.29. The Labute approximate surface area is 69.3 Å². The highest BCUT2D eigenvalue weighted by Gasteiger charge is 2.10. The molecule has 0 spiro atoms. The summed E-state index contributed by atoms with van der Waals surface area (Å²) in [5.41, 5.74) is 5.54. The third kappa shape index (κ3) is 1.65. The van der Waals surface area contributed by atoms with E-state index in [4.69, 9.17) is 10.8 Å². The third-order valence-electron chi connectivity index (χ3n) is 1.58. The molecular weight excluding hydrogens is 161 g/mol. The van der Waals surface area contributed by atoms with Gasteiger partial charge in [0.25, 0.3) is 0 Å². The summed E-state index contributed by atoms with van der Waals surface area (Å²) in [6.07, 6.45) is 0. The molecular formula is C8H10FNO2. The number of phenolic OH excluding ortho intramolecular Hbond substituents is 2. The van der Waals surface area contributed by atoms with E-state index in [9.17, 15) is 9.50 Å². The second-order valence-electron chi connectivity index (χ2n) is 2.50. The maximum atomic E-state index is 12.1. The number of nitrogens with two attached hydrogens (primary N) is 1. The van der Waals surface area contributed by atoms with Crippen LogP contribution < -0.4 is 5.73 Å². The molecule has 1 aromatic rings. The number of halogens is 1. The highest BCUT2D eigenvalue weighted by molar-refractivity contribution is 5.40. The Morgan fingerprint density at radius 2 is 2.08 bits per heavy atom. The summed E-state index contributed by atoms with van der Waals surface area (Å²) >= 11 is 0. The van der Waals surface area contributed by atoms with Crippen molar-refractivity contribution in [2.45, 2.75) is 6.04 Å². The number of rotatable bonds is 2. The highest BCUT2D eigenvalue weighted by atomic mass is 19.1. The molecule has 66 valence electrons. The fourth-order valence-electron chi connectivity index (χ4n) is 0.922. The molecule has 0 aliphatic rings. The monoisotopic (exact) mass is 171 g/mol. The van der Waals surface area contributed by atoms with Crippen LogP contribution in [0.15, 0.2) is 18.2 Å². The minimum absolute atomic E-state index is 0.0355. The summed E-state index contributed by atoms with van der Waals surface area (Å²) in [5.74, 6) is -0.135. The van der Waals surface area contributed by atoms with E-state index < -0.39 is 12.7 Å². The van der Waals surface area contributed by atoms with Gasteiger partial charge in [0.05, 0.1) is 6.04 Å². The van der Waals surface area contributed by atoms with E-state index >= 15 is 0 Å². The topological polar surface area (TPSA) is 66.5 Å². The molecule has 0 radical (unpaired) electrons. The Bertz CT molecular complexity index is 278. The van der Waals surface area contributed by atoms with Gasteiger partial charge in [-0.1, -0.05) is 0 Å². The minimum Gasteiger partial charge on any atom is -0.508 e. The predicted octanol–water partition coefficient (Wildman–Crippen LogP) is 1.07. The SMILES string of the molecule is N[C@@H](CF)c1cc(O)ccc1O. The molecule has 4 heteroatoms. The molecule has 0 aromatic heterocycles. The van der Waals surface area contributed by atoms with Crippen molar-refractivity contribution >= 4 is 0 Å². The molecule has 0 saturated heterocycles. The summed E-state index contributed by atoms with van der Waals surface area (Å²) in [7, 11) is 0. The van der Waals surface area contributed by atoms with Crippen LogP contribution in [0.4, 0.5) is 4.39 Å². The molecule has 0 aliphatic carbocycles. The fraction of sp³-hybridized carbons (Fsp3) is 0.250. The zero-order chi connectivity index (χ0) is 9.14. The lowest BCUT2D eigenvalue weighted by atomic mass is 10.1. The molecule has 0 heterocycles. The summed E-state index contributed by atoms with van der Waals surface area (Å²) in [6, 6.07) is 2.96. The molecule has 0 fully saturated rings. The van der Waals surface area contributed by atoms with E-state index in [-0.39, 0.29) is 17.1 Å². The van der Waals surface area contributed by atoms with Crippen molar-refractivity contribution in [3.8, 4) is 11.5 Å². The lowest BCUT2D eigenvalue weighted by Crippen LogP contribution is -2.12. The van der Waals surface area contributed by atoms with Crippen LogP contribution in [0.3, 0.4) is 0 Å². The first-order valence-corrected chi connectivity index (χ1v) is 3.48. The summed E-state index contributed by atoms with van der Waals surface area (Å²) in [4.78, 5) is 0. The Morgan fingerprint density at radius 3 is 2.67 bits per heavy atom. The van der Waals surface area contributed by atoms with Crippen LogP contribution in [-0.2, 0) is 0 Å². The second-order valence-corrected chi connectivity index (χ2v) is 2.50. The van der Waals surface area contributed by atoms with Gasteiger partial charge in [0.15, 0.2) is 0 Å². The van der Waals surface area contributed by atoms with Gasteiger partial charge in [-0.15, -0.1) is 0 Å². The van der Waals surface area contributed by atoms with Crippen molar-refractivity contribution in [1.29, 1.82) is 0 Å². The van der Waals surface area contributed by atoms with Gasteiger partial charge in [-0.25, -0.2) is 4.39 Å². The van der Waals surface area contributed by atoms with E-state index in [0.717, 1.165) is 0 Å². The molecule has 0 amide bonds. The lowest BCUT2D eigenvalue weighted by Gasteiger charge is -2.09. The van der Waals surface area contributed by atoms with Crippen LogP contribution in [0.1, 0.15) is 11.6 Å². The Kier molecular flexibility index (Phi) is 2.50. The molecule has 0 bridgehead atoms. The van der Waals surface area contributed by atoms with Crippen molar-refractivity contribution in [3.63, 3.8) is 0 Å². The number of hydrogen-bond acceptors (Lipinski definition) is 3. The number of hydrogen-bond donors (Lipinski definition) is 3. The van der Waals surface area contributed by atoms with Gasteiger partial charge in [0.1, 0.15) is 18.2 Å². The van der Waals surface area contributed by atoms with Gasteiger partial charge >= 0.3 is 0 Å². The van der Waals surface area contributed by atoms with Gasteiger partial charge in [-0.3, -0.25) is 0 Å². The normalized spacial score (nSPS) is 12.8. The van der Waals surface area contributed by atoms with Crippen molar-refractivity contribution in [3.05, 3.63) is 23.8 Å². The summed E-state index contributed by atoms with van der Waals surface area (Å²) in [6.45, 7) is -0.767. The van der Waals surface area contributed by atoms with Gasteiger partial charge in [-0.05, 0) is 18.2 Å². The van der Waals surface area contributed by atoms with E-state index in [0.29, 0.717) is 0 Å². The second kappa shape index (κ2) is 3.40. The quantitative estimate of drug-likeness (QED) is 0.583. The number of alkyl halides is 1. The number of phenols is 2. The number of aromatic hydroxyl groups is 2. The van der Waals surface area contributed by atoms with Crippen molar-refractivity contribution in [2.75, 3.05) is 6.67 Å². The third-order valence-corrected chi connectivity index (χ3v) is 1.58. The van der Waals surface area contributed by atoms with Crippen LogP contribution >= 0.6 is 0 Å². The smallest absolute Gasteiger partial charge is 0.120 e. The maximum Gasteiger partial charge on any atom is 0.120 e. The highest BCUT2D eigenvalue weighted by Crippen LogP contribution is 2.26. The van der Waals surface area contributed by atoms with Crippen LogP contribution in [0.25, 0.3) is 0 Å². The Balaban J connectivity index is 3.04. The summed E-state index contributed by atoms with van der Waals surface area (Å²) in [5, 5.41) is 18.2. The van der Waals surface area contributed by atoms with Crippen LogP contribution in [0, 0.1) is 0 Å². The lowest BCUT2D eigenvalue weighted by molar-refractivity contribution is 0.410. The average Bonchev–Trinajstić information content (AvgIpc) is 2.08. The van der Waals surface area contributed by atoms with Crippen LogP contribution in [0.2, 0.25) is 0 Å². The zero-order valence-corrected chi connectivity index (χ0v) is 6.37. The van der Waals surface area contributed by atoms with Crippen molar-refractivity contribution in [2.24, 2.45) is 5.73 Å². The molecule has 1 atom stereocenters. The predicted molar refractivity (Wildman–Crippen MR) is 42.7 cm³/mol. The molecule has 12 heavy (non-hydrogen) atoms. The molecule has 1 aromatic carbocycles. The van der Waals surface area contributed by atoms with Gasteiger partial charge in [-0.2, -0.15) is 0 Å². The molecule has 3 nitrogen and oxygen atoms in total. The first-order valence-electron chi connectivity index (χ1n) is 3.48. The first kappa shape index (κ1) is 8.80. The fourth-order valence-corrected chi connectivity index (χ4v) is 0.922. The average molecular weight is 171 g/mol. The molecule has 4 N–H and O–H groups in total. The van der Waals surface area contributed by atoms with Crippen molar-refractivity contribution in [1.82, 2.24) is 0 Å². The number of benzene rings is 1. The van der Waals surface area contributed by atoms with Gasteiger partial charge in [0.2, 0.25) is 0 Å². The minimum atomic E-state index is -0.878. The van der Waals surface area contributed by atoms with Crippen LogP contribution in [0.5, 0.6) is 11.5 Å². The van der Waals surface area contributed by atoms with Crippen molar-refractivity contribution < 1.29 is 14.6 Å². The van der Waals surface area contributed by atoms with E-state index in [1.807, 2.05) is 0 Å². The summed E-state index contributed by atoms with van der Waals surface area (Å²) < 4.78 is 12.1. The maximum absolute atomic E-state index is 12.1. The van der Waals surface area contributed by atoms with E-state index in [2.05, 4.69) is 0 Å². The molecule has 0 aliphatic heterocycles. The molecule has 0 saturated carbocycles. The molecule has 1 rings (SSSR count). The van der Waals surface area contributed by atoms with Crippen LogP contribution in [-0.4, -0.2) is 16.9 Å². The van der Waals surface area contributed by atoms with Gasteiger partial charge < -0.3 is 15.9 Å². The van der Waals surface area contributed by atoms with E-state index in [1.165, 1.54) is 18.2 Å². The Morgan fingerprint density at radius 1 is 1.42 bits per heavy atom. The largest absolute Gasteiger partial charge is 0.508 e. The zero-order valence-electron chi connectivity index (χ0n) is 6.37. The van der Waals surface area contributed by atoms with Gasteiger partial charge in [0, 0.05) is 5.56 Å². The standard InChI is InChI=1S/C8H10FNO2/c9-4-7(10)6-3-5(11)1-2-8(6)12/h1-3,7,11-12H,4,10H2/t7-/m0/s1.